The highest BCUT2D eigenvalue weighted by Gasteiger charge is 2.31. The predicted octanol–water partition coefficient (Wildman–Crippen LogP) is 2.48. The zero-order chi connectivity index (χ0) is 8.55. The Morgan fingerprint density at radius 1 is 1.33 bits per heavy atom. The van der Waals surface area contributed by atoms with Crippen molar-refractivity contribution in [2.24, 2.45) is 0 Å². The molecule has 1 nitrogen and oxygen atoms in total. The molecule has 0 amide bonds. The number of anilines is 1. The highest BCUT2D eigenvalue weighted by Crippen LogP contribution is 2.39. The molecule has 1 aliphatic rings. The number of nitrogen functional groups attached to an aromatic ring is 1. The maximum atomic E-state index is 13.0. The minimum Gasteiger partial charge on any atom is -0.399 e. The van der Waals surface area contributed by atoms with E-state index in [2.05, 4.69) is 0 Å². The summed E-state index contributed by atoms with van der Waals surface area (Å²) < 4.78 is 13.0. The van der Waals surface area contributed by atoms with Crippen molar-refractivity contribution in [3.63, 3.8) is 0 Å². The van der Waals surface area contributed by atoms with E-state index in [9.17, 15) is 4.39 Å². The average molecular weight is 165 g/mol. The van der Waals surface area contributed by atoms with Gasteiger partial charge in [0.05, 0.1) is 0 Å². The second-order valence-electron chi connectivity index (χ2n) is 3.37. The van der Waals surface area contributed by atoms with Crippen LogP contribution in [0.5, 0.6) is 0 Å². The molecule has 2 heteroatoms. The van der Waals surface area contributed by atoms with E-state index in [-0.39, 0.29) is 5.92 Å². The normalized spacial score (nSPS) is 28.1. The van der Waals surface area contributed by atoms with Crippen molar-refractivity contribution < 1.29 is 4.39 Å². The topological polar surface area (TPSA) is 26.0 Å². The summed E-state index contributed by atoms with van der Waals surface area (Å²) in [5.74, 6) is 0.105. The molecule has 1 aromatic rings. The standard InChI is InChI=1S/C10H12FN/c11-10-5-4-9(10)7-2-1-3-8(12)6-7/h1-3,6,9-10H,4-5,12H2. The molecule has 0 aliphatic heterocycles. The van der Waals surface area contributed by atoms with Crippen LogP contribution in [0.25, 0.3) is 0 Å². The third-order valence-corrected chi connectivity index (χ3v) is 2.53. The fourth-order valence-corrected chi connectivity index (χ4v) is 1.62. The zero-order valence-electron chi connectivity index (χ0n) is 6.83. The van der Waals surface area contributed by atoms with E-state index in [4.69, 9.17) is 5.73 Å². The van der Waals surface area contributed by atoms with Gasteiger partial charge in [-0.1, -0.05) is 12.1 Å². The molecule has 0 heterocycles. The van der Waals surface area contributed by atoms with Crippen LogP contribution in [0.3, 0.4) is 0 Å². The zero-order valence-corrected chi connectivity index (χ0v) is 6.83. The van der Waals surface area contributed by atoms with Gasteiger partial charge in [-0.3, -0.25) is 0 Å². The van der Waals surface area contributed by atoms with E-state index in [0.717, 1.165) is 17.7 Å². The van der Waals surface area contributed by atoms with Crippen LogP contribution in [-0.2, 0) is 0 Å². The highest BCUT2D eigenvalue weighted by molar-refractivity contribution is 5.42. The van der Waals surface area contributed by atoms with Crippen LogP contribution in [-0.4, -0.2) is 6.17 Å². The number of rotatable bonds is 1. The van der Waals surface area contributed by atoms with Gasteiger partial charge in [0.15, 0.2) is 0 Å². The smallest absolute Gasteiger partial charge is 0.107 e. The van der Waals surface area contributed by atoms with Crippen LogP contribution in [0.2, 0.25) is 0 Å². The van der Waals surface area contributed by atoms with Gasteiger partial charge in [-0.15, -0.1) is 0 Å². The molecule has 2 atom stereocenters. The molecule has 2 unspecified atom stereocenters. The number of hydrogen-bond donors (Lipinski definition) is 1. The average Bonchev–Trinajstić information content (AvgIpc) is 2.02. The lowest BCUT2D eigenvalue weighted by Gasteiger charge is -2.30. The summed E-state index contributed by atoms with van der Waals surface area (Å²) in [5.41, 5.74) is 7.38. The number of alkyl halides is 1. The van der Waals surface area contributed by atoms with Crippen LogP contribution in [0, 0.1) is 0 Å². The Balaban J connectivity index is 2.22. The Bertz CT molecular complexity index is 285. The second kappa shape index (κ2) is 2.77. The quantitative estimate of drug-likeness (QED) is 0.635. The molecule has 64 valence electrons. The van der Waals surface area contributed by atoms with Gasteiger partial charge in [0.25, 0.3) is 0 Å². The lowest BCUT2D eigenvalue weighted by atomic mass is 9.78. The van der Waals surface area contributed by atoms with Gasteiger partial charge in [0.1, 0.15) is 6.17 Å². The lowest BCUT2D eigenvalue weighted by molar-refractivity contribution is 0.170. The molecule has 2 N–H and O–H groups in total. The number of nitrogens with two attached hydrogens (primary N) is 1. The second-order valence-corrected chi connectivity index (χ2v) is 3.37. The van der Waals surface area contributed by atoms with E-state index in [1.165, 1.54) is 0 Å². The molecule has 12 heavy (non-hydrogen) atoms. The van der Waals surface area contributed by atoms with Crippen molar-refractivity contribution in [2.75, 3.05) is 5.73 Å². The molecule has 2 rings (SSSR count). The summed E-state index contributed by atoms with van der Waals surface area (Å²) in [4.78, 5) is 0. The Kier molecular flexibility index (Phi) is 1.75. The number of benzene rings is 1. The van der Waals surface area contributed by atoms with E-state index in [1.807, 2.05) is 24.3 Å². The molecule has 0 radical (unpaired) electrons. The van der Waals surface area contributed by atoms with Gasteiger partial charge >= 0.3 is 0 Å². The van der Waals surface area contributed by atoms with Crippen molar-refractivity contribution in [3.8, 4) is 0 Å². The maximum absolute atomic E-state index is 13.0. The fourth-order valence-electron chi connectivity index (χ4n) is 1.62. The van der Waals surface area contributed by atoms with Crippen LogP contribution in [0.4, 0.5) is 10.1 Å². The molecule has 1 aliphatic carbocycles. The SMILES string of the molecule is Nc1cccc(C2CCC2F)c1. The van der Waals surface area contributed by atoms with Gasteiger partial charge in [-0.25, -0.2) is 4.39 Å². The van der Waals surface area contributed by atoms with Crippen LogP contribution in [0.15, 0.2) is 24.3 Å². The summed E-state index contributed by atoms with van der Waals surface area (Å²) in [6.07, 6.45) is 1.02. The van der Waals surface area contributed by atoms with Crippen molar-refractivity contribution in [2.45, 2.75) is 24.9 Å². The Morgan fingerprint density at radius 2 is 2.17 bits per heavy atom. The Morgan fingerprint density at radius 3 is 2.67 bits per heavy atom. The summed E-state index contributed by atoms with van der Waals surface area (Å²) in [7, 11) is 0. The highest BCUT2D eigenvalue weighted by atomic mass is 19.1. The summed E-state index contributed by atoms with van der Waals surface area (Å²) in [5, 5.41) is 0. The third kappa shape index (κ3) is 1.17. The summed E-state index contributed by atoms with van der Waals surface area (Å²) >= 11 is 0. The molecule has 1 saturated carbocycles. The number of hydrogen-bond acceptors (Lipinski definition) is 1. The van der Waals surface area contributed by atoms with E-state index in [1.54, 1.807) is 0 Å². The molecule has 0 aromatic heterocycles. The Hall–Kier alpha value is -1.05. The number of halogens is 1. The van der Waals surface area contributed by atoms with Gasteiger partial charge in [0, 0.05) is 11.6 Å². The first kappa shape index (κ1) is 7.59. The van der Waals surface area contributed by atoms with Gasteiger partial charge in [-0.2, -0.15) is 0 Å². The van der Waals surface area contributed by atoms with Gasteiger partial charge < -0.3 is 5.73 Å². The molecule has 0 spiro atoms. The van der Waals surface area contributed by atoms with Crippen molar-refractivity contribution >= 4 is 5.69 Å². The molecule has 0 saturated heterocycles. The van der Waals surface area contributed by atoms with Crippen LogP contribution < -0.4 is 5.73 Å². The summed E-state index contributed by atoms with van der Waals surface area (Å²) in [6.45, 7) is 0. The summed E-state index contributed by atoms with van der Waals surface area (Å²) in [6, 6.07) is 7.54. The maximum Gasteiger partial charge on any atom is 0.107 e. The first-order valence-electron chi connectivity index (χ1n) is 4.27. The lowest BCUT2D eigenvalue weighted by Crippen LogP contribution is -2.24. The largest absolute Gasteiger partial charge is 0.399 e. The van der Waals surface area contributed by atoms with Crippen LogP contribution in [0.1, 0.15) is 24.3 Å². The molecule has 0 bridgehead atoms. The monoisotopic (exact) mass is 165 g/mol. The van der Waals surface area contributed by atoms with Gasteiger partial charge in [0.2, 0.25) is 0 Å². The van der Waals surface area contributed by atoms with E-state index < -0.39 is 6.17 Å². The predicted molar refractivity (Wildman–Crippen MR) is 47.7 cm³/mol. The minimum atomic E-state index is -0.646. The van der Waals surface area contributed by atoms with Crippen molar-refractivity contribution in [1.82, 2.24) is 0 Å². The minimum absolute atomic E-state index is 0.105. The van der Waals surface area contributed by atoms with E-state index in [0.29, 0.717) is 6.42 Å². The Labute approximate surface area is 71.4 Å². The van der Waals surface area contributed by atoms with Crippen molar-refractivity contribution in [3.05, 3.63) is 29.8 Å². The van der Waals surface area contributed by atoms with Gasteiger partial charge in [-0.05, 0) is 30.5 Å². The first-order valence-corrected chi connectivity index (χ1v) is 4.27. The first-order chi connectivity index (χ1) is 5.77. The van der Waals surface area contributed by atoms with E-state index >= 15 is 0 Å². The molecular formula is C10H12FN. The molecule has 1 aromatic carbocycles. The molecule has 1 fully saturated rings. The fraction of sp³-hybridized carbons (Fsp3) is 0.400. The molecular weight excluding hydrogens is 153 g/mol. The third-order valence-electron chi connectivity index (χ3n) is 2.53. The van der Waals surface area contributed by atoms with Crippen LogP contribution >= 0.6 is 0 Å². The van der Waals surface area contributed by atoms with Crippen molar-refractivity contribution in [1.29, 1.82) is 0 Å².